The zero-order valence-electron chi connectivity index (χ0n) is 10.9. The van der Waals surface area contributed by atoms with Crippen molar-refractivity contribution in [1.82, 2.24) is 5.32 Å². The molecule has 0 heterocycles. The molecule has 0 aliphatic heterocycles. The average molecular weight is 245 g/mol. The summed E-state index contributed by atoms with van der Waals surface area (Å²) in [5.74, 6) is -1.49. The first-order valence-electron chi connectivity index (χ1n) is 6.06. The van der Waals surface area contributed by atoms with E-state index in [0.29, 0.717) is 26.1 Å². The number of carboxylic acid groups (broad SMARTS) is 1. The fraction of sp³-hybridized carbons (Fsp3) is 0.833. The molecule has 0 bridgehead atoms. The zero-order chi connectivity index (χ0) is 13.3. The van der Waals surface area contributed by atoms with Gasteiger partial charge in [-0.1, -0.05) is 13.8 Å². The number of hydrogen-bond donors (Lipinski definition) is 2. The summed E-state index contributed by atoms with van der Waals surface area (Å²) in [6, 6.07) is 0. The Bertz CT molecular complexity index is 241. The molecule has 17 heavy (non-hydrogen) atoms. The Labute approximate surface area is 103 Å². The first-order valence-corrected chi connectivity index (χ1v) is 6.06. The monoisotopic (exact) mass is 245 g/mol. The van der Waals surface area contributed by atoms with Gasteiger partial charge >= 0.3 is 5.97 Å². The van der Waals surface area contributed by atoms with E-state index >= 15 is 0 Å². The lowest BCUT2D eigenvalue weighted by Crippen LogP contribution is -2.35. The standard InChI is InChI=1S/C12H23NO4/c1-4-17-7-5-6-11(14)13-8-10(9(2)3)12(15)16/h9-10H,4-8H2,1-3H3,(H,13,14)(H,15,16). The number of amides is 1. The number of carbonyl (C=O) groups is 2. The Morgan fingerprint density at radius 2 is 2.00 bits per heavy atom. The van der Waals surface area contributed by atoms with E-state index < -0.39 is 11.9 Å². The molecule has 0 radical (unpaired) electrons. The van der Waals surface area contributed by atoms with Crippen LogP contribution < -0.4 is 5.32 Å². The summed E-state index contributed by atoms with van der Waals surface area (Å²) in [6.07, 6.45) is 1.05. The molecule has 1 amide bonds. The van der Waals surface area contributed by atoms with Crippen molar-refractivity contribution in [2.24, 2.45) is 11.8 Å². The van der Waals surface area contributed by atoms with Crippen LogP contribution in [0.4, 0.5) is 0 Å². The molecule has 5 heteroatoms. The maximum absolute atomic E-state index is 11.4. The maximum atomic E-state index is 11.4. The molecule has 0 aliphatic rings. The van der Waals surface area contributed by atoms with E-state index in [0.717, 1.165) is 0 Å². The van der Waals surface area contributed by atoms with E-state index in [-0.39, 0.29) is 18.4 Å². The van der Waals surface area contributed by atoms with Gasteiger partial charge in [-0.3, -0.25) is 9.59 Å². The highest BCUT2D eigenvalue weighted by molar-refractivity contribution is 5.77. The highest BCUT2D eigenvalue weighted by atomic mass is 16.5. The number of carbonyl (C=O) groups excluding carboxylic acids is 1. The second-order valence-corrected chi connectivity index (χ2v) is 4.29. The molecule has 0 fully saturated rings. The van der Waals surface area contributed by atoms with Crippen molar-refractivity contribution in [2.75, 3.05) is 19.8 Å². The van der Waals surface area contributed by atoms with Crippen LogP contribution in [0.15, 0.2) is 0 Å². The number of rotatable bonds is 9. The van der Waals surface area contributed by atoms with Gasteiger partial charge in [-0.2, -0.15) is 0 Å². The molecule has 0 aromatic rings. The molecule has 0 rings (SSSR count). The van der Waals surface area contributed by atoms with Crippen LogP contribution in [-0.2, 0) is 14.3 Å². The Kier molecular flexibility index (Phi) is 8.40. The molecule has 0 aromatic heterocycles. The molecule has 5 nitrogen and oxygen atoms in total. The number of hydrogen-bond acceptors (Lipinski definition) is 3. The number of nitrogens with one attached hydrogen (secondary N) is 1. The van der Waals surface area contributed by atoms with Gasteiger partial charge in [0.2, 0.25) is 5.91 Å². The van der Waals surface area contributed by atoms with Crippen LogP contribution >= 0.6 is 0 Å². The summed E-state index contributed by atoms with van der Waals surface area (Å²) >= 11 is 0. The van der Waals surface area contributed by atoms with Crippen LogP contribution in [-0.4, -0.2) is 36.7 Å². The minimum absolute atomic E-state index is 0.0104. The summed E-state index contributed by atoms with van der Waals surface area (Å²) < 4.78 is 5.11. The Hall–Kier alpha value is -1.10. The van der Waals surface area contributed by atoms with Crippen molar-refractivity contribution in [3.8, 4) is 0 Å². The van der Waals surface area contributed by atoms with Crippen LogP contribution in [0.1, 0.15) is 33.6 Å². The average Bonchev–Trinajstić information content (AvgIpc) is 2.23. The quantitative estimate of drug-likeness (QED) is 0.600. The summed E-state index contributed by atoms with van der Waals surface area (Å²) in [5, 5.41) is 11.6. The smallest absolute Gasteiger partial charge is 0.308 e. The fourth-order valence-electron chi connectivity index (χ4n) is 1.40. The van der Waals surface area contributed by atoms with Crippen molar-refractivity contribution in [3.63, 3.8) is 0 Å². The molecule has 1 atom stereocenters. The summed E-state index contributed by atoms with van der Waals surface area (Å²) in [5.41, 5.74) is 0. The van der Waals surface area contributed by atoms with Gasteiger partial charge in [-0.25, -0.2) is 0 Å². The Morgan fingerprint density at radius 1 is 1.35 bits per heavy atom. The van der Waals surface area contributed by atoms with Gasteiger partial charge in [-0.05, 0) is 19.3 Å². The van der Waals surface area contributed by atoms with Crippen LogP contribution in [0, 0.1) is 11.8 Å². The first kappa shape index (κ1) is 15.9. The predicted molar refractivity (Wildman–Crippen MR) is 64.7 cm³/mol. The third-order valence-electron chi connectivity index (χ3n) is 2.54. The second kappa shape index (κ2) is 8.98. The molecule has 0 spiro atoms. The SMILES string of the molecule is CCOCCCC(=O)NCC(C(=O)O)C(C)C. The van der Waals surface area contributed by atoms with E-state index in [1.165, 1.54) is 0 Å². The molecular weight excluding hydrogens is 222 g/mol. The van der Waals surface area contributed by atoms with Gasteiger partial charge in [0, 0.05) is 26.2 Å². The van der Waals surface area contributed by atoms with Crippen molar-refractivity contribution < 1.29 is 19.4 Å². The number of carboxylic acids is 1. The lowest BCUT2D eigenvalue weighted by Gasteiger charge is -2.16. The van der Waals surface area contributed by atoms with Gasteiger partial charge in [-0.15, -0.1) is 0 Å². The zero-order valence-corrected chi connectivity index (χ0v) is 10.9. The molecule has 0 saturated carbocycles. The molecule has 0 aliphatic carbocycles. The van der Waals surface area contributed by atoms with Crippen LogP contribution in [0.3, 0.4) is 0 Å². The van der Waals surface area contributed by atoms with Crippen molar-refractivity contribution >= 4 is 11.9 Å². The van der Waals surface area contributed by atoms with Gasteiger partial charge < -0.3 is 15.2 Å². The Balaban J connectivity index is 3.77. The summed E-state index contributed by atoms with van der Waals surface area (Å²) in [7, 11) is 0. The maximum Gasteiger partial charge on any atom is 0.308 e. The van der Waals surface area contributed by atoms with Crippen LogP contribution in [0.2, 0.25) is 0 Å². The minimum Gasteiger partial charge on any atom is -0.481 e. The van der Waals surface area contributed by atoms with E-state index in [4.69, 9.17) is 9.84 Å². The van der Waals surface area contributed by atoms with Gasteiger partial charge in [0.1, 0.15) is 0 Å². The van der Waals surface area contributed by atoms with E-state index in [1.807, 2.05) is 20.8 Å². The van der Waals surface area contributed by atoms with Gasteiger partial charge in [0.05, 0.1) is 5.92 Å². The predicted octanol–water partition coefficient (Wildman–Crippen LogP) is 1.28. The molecule has 2 N–H and O–H groups in total. The number of aliphatic carboxylic acids is 1. The van der Waals surface area contributed by atoms with Crippen molar-refractivity contribution in [1.29, 1.82) is 0 Å². The lowest BCUT2D eigenvalue weighted by atomic mass is 9.96. The summed E-state index contributed by atoms with van der Waals surface area (Å²) in [6.45, 7) is 6.98. The molecule has 0 saturated heterocycles. The second-order valence-electron chi connectivity index (χ2n) is 4.29. The van der Waals surface area contributed by atoms with Crippen LogP contribution in [0.5, 0.6) is 0 Å². The van der Waals surface area contributed by atoms with Gasteiger partial charge in [0.25, 0.3) is 0 Å². The molecule has 0 aromatic carbocycles. The highest BCUT2D eigenvalue weighted by Crippen LogP contribution is 2.09. The van der Waals surface area contributed by atoms with Crippen LogP contribution in [0.25, 0.3) is 0 Å². The summed E-state index contributed by atoms with van der Waals surface area (Å²) in [4.78, 5) is 22.3. The Morgan fingerprint density at radius 3 is 2.47 bits per heavy atom. The normalized spacial score (nSPS) is 12.5. The van der Waals surface area contributed by atoms with E-state index in [2.05, 4.69) is 5.32 Å². The largest absolute Gasteiger partial charge is 0.481 e. The van der Waals surface area contributed by atoms with E-state index in [9.17, 15) is 9.59 Å². The molecule has 1 unspecified atom stereocenters. The van der Waals surface area contributed by atoms with Crippen molar-refractivity contribution in [3.05, 3.63) is 0 Å². The van der Waals surface area contributed by atoms with E-state index in [1.54, 1.807) is 0 Å². The third kappa shape index (κ3) is 7.74. The lowest BCUT2D eigenvalue weighted by molar-refractivity contribution is -0.143. The minimum atomic E-state index is -0.866. The third-order valence-corrected chi connectivity index (χ3v) is 2.54. The molecular formula is C12H23NO4. The molecule has 100 valence electrons. The van der Waals surface area contributed by atoms with Crippen molar-refractivity contribution in [2.45, 2.75) is 33.6 Å². The fourth-order valence-corrected chi connectivity index (χ4v) is 1.40. The topological polar surface area (TPSA) is 75.6 Å². The highest BCUT2D eigenvalue weighted by Gasteiger charge is 2.21. The first-order chi connectivity index (χ1) is 7.99. The number of ether oxygens (including phenoxy) is 1. The van der Waals surface area contributed by atoms with Gasteiger partial charge in [0.15, 0.2) is 0 Å².